The SMILES string of the molecule is CC1=c2ncsc2=CCC1C(=O)c1cn[nH]c1OCC1=CC=CCC1. The summed E-state index contributed by atoms with van der Waals surface area (Å²) >= 11 is 1.61. The highest BCUT2D eigenvalue weighted by Gasteiger charge is 2.28. The first-order valence-corrected chi connectivity index (χ1v) is 9.27. The fraction of sp³-hybridized carbons (Fsp3) is 0.316. The zero-order valence-corrected chi connectivity index (χ0v) is 14.8. The molecule has 0 amide bonds. The Kier molecular flexibility index (Phi) is 4.36. The van der Waals surface area contributed by atoms with Gasteiger partial charge in [-0.25, -0.2) is 10.1 Å². The zero-order valence-electron chi connectivity index (χ0n) is 14.0. The van der Waals surface area contributed by atoms with Gasteiger partial charge in [0.25, 0.3) is 0 Å². The van der Waals surface area contributed by atoms with Gasteiger partial charge < -0.3 is 4.74 Å². The molecule has 4 rings (SSSR count). The first-order valence-electron chi connectivity index (χ1n) is 8.39. The average Bonchev–Trinajstić information content (AvgIpc) is 3.30. The number of rotatable bonds is 5. The van der Waals surface area contributed by atoms with Gasteiger partial charge in [-0.3, -0.25) is 4.79 Å². The lowest BCUT2D eigenvalue weighted by molar-refractivity contribution is 0.0947. The van der Waals surface area contributed by atoms with Crippen molar-refractivity contribution in [2.75, 3.05) is 6.61 Å². The number of carbonyl (C=O) groups excluding carboxylic acids is 1. The Morgan fingerprint density at radius 2 is 2.40 bits per heavy atom. The predicted octanol–water partition coefficient (Wildman–Crippen LogP) is 2.38. The van der Waals surface area contributed by atoms with E-state index in [1.807, 2.05) is 18.5 Å². The fourth-order valence-electron chi connectivity index (χ4n) is 3.25. The van der Waals surface area contributed by atoms with E-state index < -0.39 is 0 Å². The molecule has 1 atom stereocenters. The number of hydrogen-bond acceptors (Lipinski definition) is 5. The highest BCUT2D eigenvalue weighted by molar-refractivity contribution is 7.07. The molecular weight excluding hydrogens is 334 g/mol. The van der Waals surface area contributed by atoms with Crippen LogP contribution in [0.3, 0.4) is 0 Å². The van der Waals surface area contributed by atoms with Crippen molar-refractivity contribution < 1.29 is 9.53 Å². The summed E-state index contributed by atoms with van der Waals surface area (Å²) in [5.74, 6) is 0.289. The van der Waals surface area contributed by atoms with Crippen LogP contribution in [0.25, 0.3) is 11.6 Å². The number of H-pyrrole nitrogens is 1. The number of Topliss-reactive ketones (excluding diaryl/α,β-unsaturated/α-hetero) is 1. The van der Waals surface area contributed by atoms with Gasteiger partial charge in [-0.2, -0.15) is 5.10 Å². The van der Waals surface area contributed by atoms with Gasteiger partial charge in [-0.15, -0.1) is 11.3 Å². The van der Waals surface area contributed by atoms with Crippen LogP contribution in [0, 0.1) is 5.92 Å². The number of allylic oxidation sites excluding steroid dienone is 3. The second kappa shape index (κ2) is 6.80. The Morgan fingerprint density at radius 1 is 1.48 bits per heavy atom. The predicted molar refractivity (Wildman–Crippen MR) is 97.9 cm³/mol. The minimum atomic E-state index is -0.202. The molecule has 2 aliphatic rings. The highest BCUT2D eigenvalue weighted by Crippen LogP contribution is 2.27. The van der Waals surface area contributed by atoms with Gasteiger partial charge in [-0.1, -0.05) is 24.3 Å². The van der Waals surface area contributed by atoms with Crippen LogP contribution in [0.15, 0.2) is 35.5 Å². The smallest absolute Gasteiger partial charge is 0.220 e. The maximum Gasteiger partial charge on any atom is 0.220 e. The number of ether oxygens (including phenoxy) is 1. The molecule has 128 valence electrons. The van der Waals surface area contributed by atoms with Crippen LogP contribution in [-0.4, -0.2) is 27.6 Å². The number of aromatic nitrogens is 3. The Balaban J connectivity index is 1.55. The van der Waals surface area contributed by atoms with Gasteiger partial charge in [0.05, 0.1) is 27.2 Å². The molecule has 0 spiro atoms. The molecular formula is C19H19N3O2S. The lowest BCUT2D eigenvalue weighted by Crippen LogP contribution is -2.33. The summed E-state index contributed by atoms with van der Waals surface area (Å²) in [5.41, 5.74) is 4.59. The minimum Gasteiger partial charge on any atom is -0.473 e. The number of nitrogens with one attached hydrogen (secondary N) is 1. The van der Waals surface area contributed by atoms with E-state index in [-0.39, 0.29) is 11.7 Å². The molecule has 6 heteroatoms. The molecule has 0 aromatic carbocycles. The number of aromatic amines is 1. The molecule has 0 radical (unpaired) electrons. The van der Waals surface area contributed by atoms with Crippen LogP contribution in [-0.2, 0) is 0 Å². The third kappa shape index (κ3) is 3.09. The second-order valence-electron chi connectivity index (χ2n) is 6.30. The van der Waals surface area contributed by atoms with Crippen LogP contribution in [0.4, 0.5) is 0 Å². The minimum absolute atomic E-state index is 0.0358. The molecule has 1 N–H and O–H groups in total. The van der Waals surface area contributed by atoms with E-state index in [1.165, 1.54) is 5.57 Å². The Morgan fingerprint density at radius 3 is 3.24 bits per heavy atom. The van der Waals surface area contributed by atoms with Crippen LogP contribution < -0.4 is 14.6 Å². The van der Waals surface area contributed by atoms with Gasteiger partial charge in [-0.05, 0) is 37.3 Å². The number of fused-ring (bicyclic) bond motifs is 1. The van der Waals surface area contributed by atoms with Crippen molar-refractivity contribution in [2.24, 2.45) is 5.92 Å². The molecule has 5 nitrogen and oxygen atoms in total. The normalized spacial score (nSPS) is 19.2. The Labute approximate surface area is 149 Å². The molecule has 2 aromatic heterocycles. The molecule has 2 heterocycles. The summed E-state index contributed by atoms with van der Waals surface area (Å²) < 4.78 is 7.00. The van der Waals surface area contributed by atoms with E-state index >= 15 is 0 Å². The van der Waals surface area contributed by atoms with E-state index in [4.69, 9.17) is 4.74 Å². The van der Waals surface area contributed by atoms with E-state index in [0.717, 1.165) is 28.3 Å². The fourth-order valence-corrected chi connectivity index (χ4v) is 4.04. The van der Waals surface area contributed by atoms with E-state index in [9.17, 15) is 4.79 Å². The average molecular weight is 353 g/mol. The highest BCUT2D eigenvalue weighted by atomic mass is 32.1. The second-order valence-corrected chi connectivity index (χ2v) is 7.18. The van der Waals surface area contributed by atoms with Gasteiger partial charge in [0, 0.05) is 5.92 Å². The van der Waals surface area contributed by atoms with E-state index in [2.05, 4.69) is 33.4 Å². The number of hydrogen-bond donors (Lipinski definition) is 1. The molecule has 0 bridgehead atoms. The topological polar surface area (TPSA) is 67.9 Å². The summed E-state index contributed by atoms with van der Waals surface area (Å²) in [7, 11) is 0. The molecule has 0 fully saturated rings. The summed E-state index contributed by atoms with van der Waals surface area (Å²) in [6.45, 7) is 2.47. The van der Waals surface area contributed by atoms with Crippen molar-refractivity contribution in [2.45, 2.75) is 26.2 Å². The lowest BCUT2D eigenvalue weighted by Gasteiger charge is -2.17. The van der Waals surface area contributed by atoms with Crippen molar-refractivity contribution in [3.8, 4) is 5.88 Å². The summed E-state index contributed by atoms with van der Waals surface area (Å²) in [6.07, 6.45) is 12.6. The summed E-state index contributed by atoms with van der Waals surface area (Å²) in [4.78, 5) is 17.4. The summed E-state index contributed by atoms with van der Waals surface area (Å²) in [6, 6.07) is 0. The quantitative estimate of drug-likeness (QED) is 0.838. The third-order valence-electron chi connectivity index (χ3n) is 4.72. The third-order valence-corrected chi connectivity index (χ3v) is 5.54. The maximum absolute atomic E-state index is 13.0. The van der Waals surface area contributed by atoms with Gasteiger partial charge in [0.15, 0.2) is 5.78 Å². The van der Waals surface area contributed by atoms with Crippen LogP contribution in [0.2, 0.25) is 0 Å². The van der Waals surface area contributed by atoms with Crippen molar-refractivity contribution in [1.82, 2.24) is 15.2 Å². The molecule has 25 heavy (non-hydrogen) atoms. The first kappa shape index (κ1) is 16.0. The Hall–Kier alpha value is -2.47. The van der Waals surface area contributed by atoms with Crippen LogP contribution >= 0.6 is 11.3 Å². The van der Waals surface area contributed by atoms with Crippen molar-refractivity contribution in [3.05, 3.63) is 51.0 Å². The standard InChI is InChI=1S/C19H19N3O2S/c1-12-14(7-8-16-17(12)20-11-25-16)18(23)15-9-21-22-19(15)24-10-13-5-3-2-4-6-13/h2-3,5,8-9,11,14H,4,6-7,10H2,1H3,(H,21,22). The number of nitrogens with zero attached hydrogens (tertiary/aromatic N) is 2. The monoisotopic (exact) mass is 353 g/mol. The lowest BCUT2D eigenvalue weighted by atomic mass is 9.87. The molecule has 0 saturated heterocycles. The molecule has 2 aromatic rings. The maximum atomic E-state index is 13.0. The van der Waals surface area contributed by atoms with Gasteiger partial charge in [0.2, 0.25) is 5.88 Å². The molecule has 1 unspecified atom stereocenters. The van der Waals surface area contributed by atoms with Gasteiger partial charge in [0.1, 0.15) is 6.61 Å². The van der Waals surface area contributed by atoms with Crippen molar-refractivity contribution in [3.63, 3.8) is 0 Å². The molecule has 2 aliphatic carbocycles. The number of carbonyl (C=O) groups is 1. The number of ketones is 1. The molecule has 0 aliphatic heterocycles. The van der Waals surface area contributed by atoms with Crippen LogP contribution in [0.1, 0.15) is 36.5 Å². The molecule has 0 saturated carbocycles. The van der Waals surface area contributed by atoms with Crippen molar-refractivity contribution >= 4 is 28.8 Å². The van der Waals surface area contributed by atoms with Crippen LogP contribution in [0.5, 0.6) is 5.88 Å². The Bertz CT molecular complexity index is 980. The largest absolute Gasteiger partial charge is 0.473 e. The first-order chi connectivity index (χ1) is 12.2. The van der Waals surface area contributed by atoms with E-state index in [0.29, 0.717) is 24.5 Å². The zero-order chi connectivity index (χ0) is 17.2. The summed E-state index contributed by atoms with van der Waals surface area (Å²) in [5, 5.41) is 7.79. The van der Waals surface area contributed by atoms with Crippen molar-refractivity contribution in [1.29, 1.82) is 0 Å². The van der Waals surface area contributed by atoms with Gasteiger partial charge >= 0.3 is 0 Å². The van der Waals surface area contributed by atoms with E-state index in [1.54, 1.807) is 17.5 Å². The number of thiazole rings is 1.